The topological polar surface area (TPSA) is 101 Å². The summed E-state index contributed by atoms with van der Waals surface area (Å²) in [5.41, 5.74) is 0.849. The minimum Gasteiger partial charge on any atom is -0.481 e. The first-order valence-electron chi connectivity index (χ1n) is 7.12. The summed E-state index contributed by atoms with van der Waals surface area (Å²) >= 11 is 0. The second-order valence-corrected chi connectivity index (χ2v) is 7.58. The number of carbonyl (C=O) groups is 2. The van der Waals surface area contributed by atoms with Crippen molar-refractivity contribution in [2.45, 2.75) is 24.3 Å². The molecule has 126 valence electrons. The SMILES string of the molecule is Cc1ccc(C(=O)N2CCO[C@H](CC(=O)O)C2)cc1S(C)(=O)=O. The summed E-state index contributed by atoms with van der Waals surface area (Å²) in [5, 5.41) is 8.81. The van der Waals surface area contributed by atoms with Gasteiger partial charge in [-0.05, 0) is 24.6 Å². The number of nitrogens with zero attached hydrogens (tertiary/aromatic N) is 1. The Hall–Kier alpha value is -1.93. The predicted molar refractivity (Wildman–Crippen MR) is 82.2 cm³/mol. The fourth-order valence-corrected chi connectivity index (χ4v) is 3.53. The summed E-state index contributed by atoms with van der Waals surface area (Å²) in [7, 11) is -3.42. The largest absolute Gasteiger partial charge is 0.481 e. The van der Waals surface area contributed by atoms with Crippen LogP contribution in [0, 0.1) is 6.92 Å². The highest BCUT2D eigenvalue weighted by Crippen LogP contribution is 2.19. The number of amides is 1. The van der Waals surface area contributed by atoms with Gasteiger partial charge in [0.2, 0.25) is 0 Å². The number of carboxylic acids is 1. The lowest BCUT2D eigenvalue weighted by molar-refractivity contribution is -0.141. The molecule has 1 N–H and O–H groups in total. The van der Waals surface area contributed by atoms with Crippen molar-refractivity contribution in [2.24, 2.45) is 0 Å². The highest BCUT2D eigenvalue weighted by molar-refractivity contribution is 7.90. The van der Waals surface area contributed by atoms with E-state index in [2.05, 4.69) is 0 Å². The molecule has 1 atom stereocenters. The molecule has 0 unspecified atom stereocenters. The molecule has 1 saturated heterocycles. The normalized spacial score (nSPS) is 18.7. The van der Waals surface area contributed by atoms with Crippen molar-refractivity contribution >= 4 is 21.7 Å². The molecule has 1 aliphatic rings. The van der Waals surface area contributed by atoms with Crippen LogP contribution in [0.1, 0.15) is 22.3 Å². The minimum absolute atomic E-state index is 0.124. The van der Waals surface area contributed by atoms with Crippen LogP contribution in [0.5, 0.6) is 0 Å². The molecule has 1 heterocycles. The van der Waals surface area contributed by atoms with Gasteiger partial charge in [0, 0.05) is 24.9 Å². The van der Waals surface area contributed by atoms with E-state index >= 15 is 0 Å². The van der Waals surface area contributed by atoms with Crippen LogP contribution in [-0.4, -0.2) is 62.4 Å². The number of sulfone groups is 1. The van der Waals surface area contributed by atoms with Gasteiger partial charge < -0.3 is 14.7 Å². The molecule has 1 amide bonds. The maximum Gasteiger partial charge on any atom is 0.306 e. The van der Waals surface area contributed by atoms with E-state index in [0.29, 0.717) is 12.1 Å². The average Bonchev–Trinajstić information content (AvgIpc) is 2.45. The summed E-state index contributed by atoms with van der Waals surface area (Å²) in [6.45, 7) is 2.45. The van der Waals surface area contributed by atoms with E-state index in [-0.39, 0.29) is 35.9 Å². The molecule has 0 aliphatic carbocycles. The molecule has 1 fully saturated rings. The van der Waals surface area contributed by atoms with Crippen molar-refractivity contribution in [1.29, 1.82) is 0 Å². The lowest BCUT2D eigenvalue weighted by Gasteiger charge is -2.32. The summed E-state index contributed by atoms with van der Waals surface area (Å²) in [4.78, 5) is 24.9. The molecule has 1 aromatic carbocycles. The number of benzene rings is 1. The zero-order chi connectivity index (χ0) is 17.2. The van der Waals surface area contributed by atoms with Crippen LogP contribution >= 0.6 is 0 Å². The Morgan fingerprint density at radius 3 is 2.70 bits per heavy atom. The number of carbonyl (C=O) groups excluding carboxylic acids is 1. The molecule has 23 heavy (non-hydrogen) atoms. The molecule has 1 aromatic rings. The Bertz CT molecular complexity index is 727. The molecule has 0 aromatic heterocycles. The number of hydrogen-bond donors (Lipinski definition) is 1. The molecule has 0 radical (unpaired) electrons. The van der Waals surface area contributed by atoms with Crippen molar-refractivity contribution in [3.8, 4) is 0 Å². The fraction of sp³-hybridized carbons (Fsp3) is 0.467. The van der Waals surface area contributed by atoms with Crippen LogP contribution in [-0.2, 0) is 19.4 Å². The summed E-state index contributed by atoms with van der Waals surface area (Å²) < 4.78 is 28.9. The van der Waals surface area contributed by atoms with Crippen molar-refractivity contribution < 1.29 is 27.9 Å². The first-order valence-corrected chi connectivity index (χ1v) is 9.01. The number of rotatable bonds is 4. The number of morpholine rings is 1. The summed E-state index contributed by atoms with van der Waals surface area (Å²) in [6, 6.07) is 4.54. The van der Waals surface area contributed by atoms with Crippen molar-refractivity contribution in [3.05, 3.63) is 29.3 Å². The van der Waals surface area contributed by atoms with Crippen LogP contribution in [0.15, 0.2) is 23.1 Å². The third-order valence-corrected chi connectivity index (χ3v) is 4.90. The smallest absolute Gasteiger partial charge is 0.306 e. The van der Waals surface area contributed by atoms with Gasteiger partial charge in [-0.25, -0.2) is 8.42 Å². The van der Waals surface area contributed by atoms with Crippen molar-refractivity contribution in [3.63, 3.8) is 0 Å². The molecule has 7 nitrogen and oxygen atoms in total. The van der Waals surface area contributed by atoms with Gasteiger partial charge in [-0.15, -0.1) is 0 Å². The van der Waals surface area contributed by atoms with Gasteiger partial charge in [0.05, 0.1) is 24.0 Å². The molecular weight excluding hydrogens is 322 g/mol. The number of hydrogen-bond acceptors (Lipinski definition) is 5. The van der Waals surface area contributed by atoms with Crippen LogP contribution in [0.25, 0.3) is 0 Å². The number of aliphatic carboxylic acids is 1. The minimum atomic E-state index is -3.42. The first kappa shape index (κ1) is 17.4. The van der Waals surface area contributed by atoms with E-state index in [0.717, 1.165) is 6.26 Å². The van der Waals surface area contributed by atoms with Gasteiger partial charge in [-0.1, -0.05) is 6.07 Å². The Morgan fingerprint density at radius 1 is 1.39 bits per heavy atom. The Balaban J connectivity index is 2.22. The molecule has 0 bridgehead atoms. The molecule has 1 aliphatic heterocycles. The highest BCUT2D eigenvalue weighted by atomic mass is 32.2. The molecule has 8 heteroatoms. The van der Waals surface area contributed by atoms with Crippen molar-refractivity contribution in [1.82, 2.24) is 4.90 Å². The molecule has 0 saturated carbocycles. The zero-order valence-electron chi connectivity index (χ0n) is 13.0. The van der Waals surface area contributed by atoms with Crippen LogP contribution in [0.3, 0.4) is 0 Å². The monoisotopic (exact) mass is 341 g/mol. The zero-order valence-corrected chi connectivity index (χ0v) is 13.8. The number of carboxylic acid groups (broad SMARTS) is 1. The van der Waals surface area contributed by atoms with Gasteiger partial charge in [0.1, 0.15) is 0 Å². The maximum absolute atomic E-state index is 12.5. The van der Waals surface area contributed by atoms with Gasteiger partial charge in [-0.2, -0.15) is 0 Å². The van der Waals surface area contributed by atoms with Crippen LogP contribution in [0.4, 0.5) is 0 Å². The predicted octanol–water partition coefficient (Wildman–Crippen LogP) is 0.714. The molecule has 0 spiro atoms. The number of aryl methyl sites for hydroxylation is 1. The summed E-state index contributed by atoms with van der Waals surface area (Å²) in [6.07, 6.45) is 0.373. The van der Waals surface area contributed by atoms with Gasteiger partial charge >= 0.3 is 5.97 Å². The lowest BCUT2D eigenvalue weighted by Crippen LogP contribution is -2.46. The quantitative estimate of drug-likeness (QED) is 0.866. The van der Waals surface area contributed by atoms with E-state index in [9.17, 15) is 18.0 Å². The Labute approximate surface area is 134 Å². The average molecular weight is 341 g/mol. The molecular formula is C15H19NO6S. The number of ether oxygens (including phenoxy) is 1. The second-order valence-electron chi connectivity index (χ2n) is 5.59. The second kappa shape index (κ2) is 6.67. The lowest BCUT2D eigenvalue weighted by atomic mass is 10.1. The van der Waals surface area contributed by atoms with E-state index in [1.54, 1.807) is 19.1 Å². The van der Waals surface area contributed by atoms with E-state index in [1.807, 2.05) is 0 Å². The van der Waals surface area contributed by atoms with E-state index in [1.165, 1.54) is 11.0 Å². The Kier molecular flexibility index (Phi) is 5.06. The van der Waals surface area contributed by atoms with E-state index < -0.39 is 21.9 Å². The fourth-order valence-electron chi connectivity index (χ4n) is 2.54. The highest BCUT2D eigenvalue weighted by Gasteiger charge is 2.27. The standard InChI is InChI=1S/C15H19NO6S/c1-10-3-4-11(7-13(10)23(2,20)21)15(19)16-5-6-22-12(9-16)8-14(17)18/h3-4,7,12H,5-6,8-9H2,1-2H3,(H,17,18)/t12-/m1/s1. The van der Waals surface area contributed by atoms with Gasteiger partial charge in [0.15, 0.2) is 9.84 Å². The Morgan fingerprint density at radius 2 is 2.09 bits per heavy atom. The first-order chi connectivity index (χ1) is 10.7. The van der Waals surface area contributed by atoms with Crippen molar-refractivity contribution in [2.75, 3.05) is 26.0 Å². The van der Waals surface area contributed by atoms with Gasteiger partial charge in [0.25, 0.3) is 5.91 Å². The molecule has 2 rings (SSSR count). The third-order valence-electron chi connectivity index (χ3n) is 3.66. The van der Waals surface area contributed by atoms with Crippen LogP contribution in [0.2, 0.25) is 0 Å². The van der Waals surface area contributed by atoms with E-state index in [4.69, 9.17) is 9.84 Å². The van der Waals surface area contributed by atoms with Crippen LogP contribution < -0.4 is 0 Å². The summed E-state index contributed by atoms with van der Waals surface area (Å²) in [5.74, 6) is -1.31. The maximum atomic E-state index is 12.5. The van der Waals surface area contributed by atoms with Gasteiger partial charge in [-0.3, -0.25) is 9.59 Å². The third kappa shape index (κ3) is 4.29.